The van der Waals surface area contributed by atoms with Gasteiger partial charge in [-0.25, -0.2) is 0 Å². The van der Waals surface area contributed by atoms with Crippen LogP contribution in [0.4, 0.5) is 0 Å². The Morgan fingerprint density at radius 1 is 0.966 bits per heavy atom. The molecule has 4 heteroatoms. The summed E-state index contributed by atoms with van der Waals surface area (Å²) in [5.74, 6) is 0.744. The van der Waals surface area contributed by atoms with Crippen LogP contribution in [0, 0.1) is 5.92 Å². The molecule has 2 aromatic carbocycles. The Kier molecular flexibility index (Phi) is 5.79. The van der Waals surface area contributed by atoms with Crippen molar-refractivity contribution in [1.29, 1.82) is 0 Å². The molecule has 2 aliphatic rings. The minimum atomic E-state index is -0.219. The fourth-order valence-electron chi connectivity index (χ4n) is 4.54. The summed E-state index contributed by atoms with van der Waals surface area (Å²) in [6, 6.07) is 18.4. The van der Waals surface area contributed by atoms with Crippen LogP contribution in [0.2, 0.25) is 0 Å². The molecule has 2 amide bonds. The first-order valence-corrected chi connectivity index (χ1v) is 10.5. The molecule has 2 heterocycles. The number of hydrogen-bond donors (Lipinski definition) is 0. The average Bonchev–Trinajstić information content (AvgIpc) is 2.75. The van der Waals surface area contributed by atoms with E-state index in [0.29, 0.717) is 12.3 Å². The van der Waals surface area contributed by atoms with E-state index >= 15 is 0 Å². The zero-order valence-electron chi connectivity index (χ0n) is 17.0. The second-order valence-corrected chi connectivity index (χ2v) is 8.10. The van der Waals surface area contributed by atoms with Gasteiger partial charge in [-0.3, -0.25) is 9.59 Å². The molecule has 2 aromatic rings. The molecule has 0 spiro atoms. The van der Waals surface area contributed by atoms with Crippen molar-refractivity contribution in [1.82, 2.24) is 9.80 Å². The molecule has 150 valence electrons. The van der Waals surface area contributed by atoms with Gasteiger partial charge in [0.05, 0.1) is 12.5 Å². The molecule has 1 atom stereocenters. The fourth-order valence-corrected chi connectivity index (χ4v) is 4.54. The number of rotatable bonds is 4. The van der Waals surface area contributed by atoms with E-state index in [9.17, 15) is 9.59 Å². The summed E-state index contributed by atoms with van der Waals surface area (Å²) in [6.07, 6.45) is 7.27. The molecule has 0 aromatic heterocycles. The highest BCUT2D eigenvalue weighted by atomic mass is 16.2. The predicted octanol–water partition coefficient (Wildman–Crippen LogP) is 4.43. The molecular weight excluding hydrogens is 360 g/mol. The molecule has 4 nitrogen and oxygen atoms in total. The molecular formula is C25H28N2O2. The van der Waals surface area contributed by atoms with E-state index in [2.05, 4.69) is 24.3 Å². The summed E-state index contributed by atoms with van der Waals surface area (Å²) in [4.78, 5) is 28.9. The van der Waals surface area contributed by atoms with Crippen LogP contribution in [0.25, 0.3) is 6.08 Å². The van der Waals surface area contributed by atoms with Crippen LogP contribution in [0.15, 0.2) is 60.8 Å². The van der Waals surface area contributed by atoms with Crippen molar-refractivity contribution in [3.8, 4) is 0 Å². The van der Waals surface area contributed by atoms with Crippen LogP contribution < -0.4 is 0 Å². The van der Waals surface area contributed by atoms with E-state index in [4.69, 9.17) is 0 Å². The first-order chi connectivity index (χ1) is 14.1. The van der Waals surface area contributed by atoms with Crippen molar-refractivity contribution in [3.05, 3.63) is 77.5 Å². The molecule has 2 aliphatic heterocycles. The number of likely N-dealkylation sites (tertiary alicyclic amines) is 1. The Balaban J connectivity index is 1.39. The molecule has 29 heavy (non-hydrogen) atoms. The maximum Gasteiger partial charge on any atom is 0.225 e. The van der Waals surface area contributed by atoms with Gasteiger partial charge >= 0.3 is 0 Å². The highest BCUT2D eigenvalue weighted by molar-refractivity contribution is 5.82. The zero-order valence-corrected chi connectivity index (χ0v) is 17.0. The Labute approximate surface area is 172 Å². The zero-order chi connectivity index (χ0) is 20.2. The van der Waals surface area contributed by atoms with Gasteiger partial charge in [0.15, 0.2) is 0 Å². The summed E-state index contributed by atoms with van der Waals surface area (Å²) in [5, 5.41) is 0. The van der Waals surface area contributed by atoms with Crippen LogP contribution in [-0.2, 0) is 16.0 Å². The van der Waals surface area contributed by atoms with Gasteiger partial charge in [0.1, 0.15) is 0 Å². The third kappa shape index (κ3) is 4.42. The lowest BCUT2D eigenvalue weighted by Gasteiger charge is -2.36. The minimum absolute atomic E-state index is 0.0323. The highest BCUT2D eigenvalue weighted by Gasteiger charge is 2.31. The van der Waals surface area contributed by atoms with E-state index in [0.717, 1.165) is 43.5 Å². The maximum atomic E-state index is 13.1. The molecule has 0 bridgehead atoms. The quantitative estimate of drug-likeness (QED) is 0.777. The van der Waals surface area contributed by atoms with Crippen LogP contribution >= 0.6 is 0 Å². The Bertz CT molecular complexity index is 898. The highest BCUT2D eigenvalue weighted by Crippen LogP contribution is 2.34. The Morgan fingerprint density at radius 2 is 1.66 bits per heavy atom. The van der Waals surface area contributed by atoms with Gasteiger partial charge < -0.3 is 9.80 Å². The minimum Gasteiger partial charge on any atom is -0.343 e. The van der Waals surface area contributed by atoms with Gasteiger partial charge in [-0.2, -0.15) is 0 Å². The van der Waals surface area contributed by atoms with Gasteiger partial charge in [0.25, 0.3) is 0 Å². The molecule has 4 rings (SSSR count). The van der Waals surface area contributed by atoms with Crippen molar-refractivity contribution in [2.75, 3.05) is 13.1 Å². The molecule has 0 aliphatic carbocycles. The number of piperidine rings is 1. The van der Waals surface area contributed by atoms with Crippen LogP contribution in [-0.4, -0.2) is 34.7 Å². The van der Waals surface area contributed by atoms with Crippen LogP contribution in [0.3, 0.4) is 0 Å². The lowest BCUT2D eigenvalue weighted by Crippen LogP contribution is -2.41. The molecule has 1 fully saturated rings. The number of fused-ring (bicyclic) bond motifs is 1. The van der Waals surface area contributed by atoms with Gasteiger partial charge in [0, 0.05) is 26.2 Å². The van der Waals surface area contributed by atoms with Gasteiger partial charge in [-0.05, 0) is 47.9 Å². The van der Waals surface area contributed by atoms with Crippen molar-refractivity contribution >= 4 is 17.9 Å². The smallest absolute Gasteiger partial charge is 0.225 e. The van der Waals surface area contributed by atoms with E-state index in [1.54, 1.807) is 11.8 Å². The fraction of sp³-hybridized carbons (Fsp3) is 0.360. The molecule has 0 N–H and O–H groups in total. The van der Waals surface area contributed by atoms with Gasteiger partial charge in [-0.15, -0.1) is 0 Å². The Morgan fingerprint density at radius 3 is 2.38 bits per heavy atom. The molecule has 0 radical (unpaired) electrons. The van der Waals surface area contributed by atoms with Crippen LogP contribution in [0.5, 0.6) is 0 Å². The number of benzene rings is 2. The van der Waals surface area contributed by atoms with Gasteiger partial charge in [-0.1, -0.05) is 54.6 Å². The van der Waals surface area contributed by atoms with E-state index in [1.807, 2.05) is 47.5 Å². The second kappa shape index (κ2) is 8.64. The normalized spacial score (nSPS) is 19.1. The SMILES string of the molecule is CC(=O)N1C=Cc2ccccc2[C@H]1CC(=O)N1CCC(Cc2ccccc2)CC1. The molecule has 0 saturated carbocycles. The molecule has 1 saturated heterocycles. The predicted molar refractivity (Wildman–Crippen MR) is 115 cm³/mol. The summed E-state index contributed by atoms with van der Waals surface area (Å²) in [7, 11) is 0. The first-order valence-electron chi connectivity index (χ1n) is 10.5. The lowest BCUT2D eigenvalue weighted by molar-refractivity contribution is -0.135. The number of carbonyl (C=O) groups excluding carboxylic acids is 2. The Hall–Kier alpha value is -2.88. The second-order valence-electron chi connectivity index (χ2n) is 8.10. The third-order valence-electron chi connectivity index (χ3n) is 6.17. The summed E-state index contributed by atoms with van der Waals surface area (Å²) >= 11 is 0. The monoisotopic (exact) mass is 388 g/mol. The van der Waals surface area contributed by atoms with E-state index < -0.39 is 0 Å². The number of hydrogen-bond acceptors (Lipinski definition) is 2. The van der Waals surface area contributed by atoms with Gasteiger partial charge in [0.2, 0.25) is 11.8 Å². The first kappa shape index (κ1) is 19.4. The van der Waals surface area contributed by atoms with Crippen molar-refractivity contribution in [3.63, 3.8) is 0 Å². The van der Waals surface area contributed by atoms with E-state index in [1.165, 1.54) is 5.56 Å². The van der Waals surface area contributed by atoms with Crippen molar-refractivity contribution < 1.29 is 9.59 Å². The maximum absolute atomic E-state index is 13.1. The number of carbonyl (C=O) groups is 2. The van der Waals surface area contributed by atoms with Crippen molar-refractivity contribution in [2.24, 2.45) is 5.92 Å². The number of nitrogens with zero attached hydrogens (tertiary/aromatic N) is 2. The summed E-state index contributed by atoms with van der Waals surface area (Å²) in [5.41, 5.74) is 3.52. The molecule has 0 unspecified atom stereocenters. The summed E-state index contributed by atoms with van der Waals surface area (Å²) in [6.45, 7) is 3.17. The average molecular weight is 389 g/mol. The van der Waals surface area contributed by atoms with Crippen molar-refractivity contribution in [2.45, 2.75) is 38.6 Å². The standard InChI is InChI=1S/C25H28N2O2/c1-19(28)27-16-13-22-9-5-6-10-23(22)24(27)18-25(29)26-14-11-21(12-15-26)17-20-7-3-2-4-8-20/h2-10,13,16,21,24H,11-12,14-15,17-18H2,1H3/t24-/m1/s1. The van der Waals surface area contributed by atoms with Crippen LogP contribution in [0.1, 0.15) is 48.9 Å². The van der Waals surface area contributed by atoms with E-state index in [-0.39, 0.29) is 17.9 Å². The lowest BCUT2D eigenvalue weighted by atomic mass is 9.89. The summed E-state index contributed by atoms with van der Waals surface area (Å²) < 4.78 is 0. The number of amides is 2. The topological polar surface area (TPSA) is 40.6 Å². The largest absolute Gasteiger partial charge is 0.343 e. The third-order valence-corrected chi connectivity index (χ3v) is 6.17.